The summed E-state index contributed by atoms with van der Waals surface area (Å²) in [6, 6.07) is 9.39. The van der Waals surface area contributed by atoms with E-state index in [1.807, 2.05) is 30.3 Å². The van der Waals surface area contributed by atoms with Crippen LogP contribution in [0.25, 0.3) is 22.2 Å². The molecule has 7 nitrogen and oxygen atoms in total. The zero-order valence-corrected chi connectivity index (χ0v) is 13.5. The molecule has 0 bridgehead atoms. The van der Waals surface area contributed by atoms with Crippen LogP contribution in [-0.2, 0) is 16.1 Å². The van der Waals surface area contributed by atoms with Gasteiger partial charge in [0.05, 0.1) is 25.3 Å². The standard InChI is InChI=1S/C17H17N3O4/c1-3-23-13(21)9-10-20-17(22)14-11(2)19-24-16(14)15(18-20)12-7-5-4-6-8-12/h4-8H,3,9-10H2,1-2H3. The molecule has 0 spiro atoms. The fraction of sp³-hybridized carbons (Fsp3) is 0.294. The first-order chi connectivity index (χ1) is 11.6. The molecule has 2 aromatic heterocycles. The van der Waals surface area contributed by atoms with Crippen LogP contribution >= 0.6 is 0 Å². The van der Waals surface area contributed by atoms with Gasteiger partial charge < -0.3 is 9.26 Å². The van der Waals surface area contributed by atoms with Crippen molar-refractivity contribution in [1.82, 2.24) is 14.9 Å². The van der Waals surface area contributed by atoms with Crippen LogP contribution < -0.4 is 5.56 Å². The lowest BCUT2D eigenvalue weighted by atomic mass is 10.1. The quantitative estimate of drug-likeness (QED) is 0.668. The van der Waals surface area contributed by atoms with E-state index in [1.165, 1.54) is 4.68 Å². The van der Waals surface area contributed by atoms with Crippen LogP contribution in [0, 0.1) is 6.92 Å². The van der Waals surface area contributed by atoms with Crippen LogP contribution in [0.3, 0.4) is 0 Å². The third-order valence-corrected chi connectivity index (χ3v) is 3.63. The molecule has 7 heteroatoms. The molecule has 0 N–H and O–H groups in total. The Morgan fingerprint density at radius 1 is 1.29 bits per heavy atom. The van der Waals surface area contributed by atoms with Crippen molar-refractivity contribution < 1.29 is 14.1 Å². The number of nitrogens with zero attached hydrogens (tertiary/aromatic N) is 3. The third-order valence-electron chi connectivity index (χ3n) is 3.63. The number of esters is 1. The normalized spacial score (nSPS) is 10.9. The number of aromatic nitrogens is 3. The van der Waals surface area contributed by atoms with Gasteiger partial charge >= 0.3 is 5.97 Å². The van der Waals surface area contributed by atoms with Crippen LogP contribution in [0.15, 0.2) is 39.6 Å². The summed E-state index contributed by atoms with van der Waals surface area (Å²) < 4.78 is 11.5. The molecule has 3 aromatic rings. The second kappa shape index (κ2) is 6.66. The summed E-state index contributed by atoms with van der Waals surface area (Å²) in [5.74, 6) is -0.366. The van der Waals surface area contributed by atoms with Crippen molar-refractivity contribution in [2.24, 2.45) is 0 Å². The van der Waals surface area contributed by atoms with Gasteiger partial charge in [0.1, 0.15) is 11.1 Å². The molecule has 24 heavy (non-hydrogen) atoms. The minimum atomic E-state index is -0.366. The zero-order valence-electron chi connectivity index (χ0n) is 13.5. The Kier molecular flexibility index (Phi) is 4.41. The van der Waals surface area contributed by atoms with E-state index in [0.29, 0.717) is 29.0 Å². The van der Waals surface area contributed by atoms with E-state index in [-0.39, 0.29) is 24.5 Å². The fourth-order valence-electron chi connectivity index (χ4n) is 2.49. The number of ether oxygens (including phenoxy) is 1. The number of benzene rings is 1. The maximum atomic E-state index is 12.6. The average molecular weight is 327 g/mol. The van der Waals surface area contributed by atoms with Crippen LogP contribution in [0.5, 0.6) is 0 Å². The monoisotopic (exact) mass is 327 g/mol. The average Bonchev–Trinajstić information content (AvgIpc) is 2.98. The summed E-state index contributed by atoms with van der Waals surface area (Å²) >= 11 is 0. The molecule has 2 heterocycles. The molecule has 0 radical (unpaired) electrons. The number of carbonyl (C=O) groups excluding carboxylic acids is 1. The van der Waals surface area contributed by atoms with Gasteiger partial charge in [0, 0.05) is 5.56 Å². The lowest BCUT2D eigenvalue weighted by molar-refractivity contribution is -0.143. The van der Waals surface area contributed by atoms with Crippen molar-refractivity contribution in [3.63, 3.8) is 0 Å². The first-order valence-corrected chi connectivity index (χ1v) is 7.70. The summed E-state index contributed by atoms with van der Waals surface area (Å²) in [5.41, 5.74) is 1.86. The van der Waals surface area contributed by atoms with Crippen LogP contribution in [0.1, 0.15) is 19.0 Å². The van der Waals surface area contributed by atoms with Gasteiger partial charge in [-0.2, -0.15) is 5.10 Å². The van der Waals surface area contributed by atoms with Crippen molar-refractivity contribution in [2.75, 3.05) is 6.61 Å². The molecule has 1 aromatic carbocycles. The van der Waals surface area contributed by atoms with Crippen molar-refractivity contribution >= 4 is 16.9 Å². The molecule has 0 saturated heterocycles. The number of hydrogen-bond acceptors (Lipinski definition) is 6. The summed E-state index contributed by atoms with van der Waals surface area (Å²) in [6.07, 6.45) is 0.0742. The Balaban J connectivity index is 2.10. The molecule has 0 saturated carbocycles. The van der Waals surface area contributed by atoms with Gasteiger partial charge in [0.25, 0.3) is 5.56 Å². The summed E-state index contributed by atoms with van der Waals surface area (Å²) in [4.78, 5) is 24.2. The lowest BCUT2D eigenvalue weighted by Crippen LogP contribution is -2.25. The van der Waals surface area contributed by atoms with Gasteiger partial charge in [-0.1, -0.05) is 35.5 Å². The van der Waals surface area contributed by atoms with E-state index in [2.05, 4.69) is 10.3 Å². The van der Waals surface area contributed by atoms with E-state index in [9.17, 15) is 9.59 Å². The van der Waals surface area contributed by atoms with Crippen LogP contribution in [-0.4, -0.2) is 27.5 Å². The summed E-state index contributed by atoms with van der Waals surface area (Å²) in [5, 5.41) is 8.65. The predicted molar refractivity (Wildman–Crippen MR) is 87.5 cm³/mol. The molecule has 0 fully saturated rings. The molecule has 0 aliphatic carbocycles. The molecular formula is C17H17N3O4. The smallest absolute Gasteiger partial charge is 0.307 e. The van der Waals surface area contributed by atoms with E-state index < -0.39 is 0 Å². The second-order valence-corrected chi connectivity index (χ2v) is 5.27. The second-order valence-electron chi connectivity index (χ2n) is 5.27. The SMILES string of the molecule is CCOC(=O)CCn1nc(-c2ccccc2)c2onc(C)c2c1=O. The minimum absolute atomic E-state index is 0.0742. The number of rotatable bonds is 5. The van der Waals surface area contributed by atoms with Gasteiger partial charge in [0.15, 0.2) is 0 Å². The maximum Gasteiger partial charge on any atom is 0.307 e. The highest BCUT2D eigenvalue weighted by atomic mass is 16.5. The van der Waals surface area contributed by atoms with Crippen LogP contribution in [0.4, 0.5) is 0 Å². The molecule has 0 aliphatic heterocycles. The molecular weight excluding hydrogens is 310 g/mol. The Morgan fingerprint density at radius 2 is 2.04 bits per heavy atom. The Hall–Kier alpha value is -2.96. The van der Waals surface area contributed by atoms with Crippen LogP contribution in [0.2, 0.25) is 0 Å². The van der Waals surface area contributed by atoms with Crippen molar-refractivity contribution in [3.8, 4) is 11.3 Å². The first kappa shape index (κ1) is 15.9. The van der Waals surface area contributed by atoms with Gasteiger partial charge in [-0.25, -0.2) is 4.68 Å². The molecule has 124 valence electrons. The molecule has 0 unspecified atom stereocenters. The Morgan fingerprint density at radius 3 is 2.75 bits per heavy atom. The highest BCUT2D eigenvalue weighted by molar-refractivity contribution is 5.90. The zero-order chi connectivity index (χ0) is 17.1. The maximum absolute atomic E-state index is 12.6. The van der Waals surface area contributed by atoms with Crippen molar-refractivity contribution in [3.05, 3.63) is 46.4 Å². The van der Waals surface area contributed by atoms with E-state index in [4.69, 9.17) is 9.26 Å². The molecule has 3 rings (SSSR count). The third kappa shape index (κ3) is 2.92. The van der Waals surface area contributed by atoms with Crippen molar-refractivity contribution in [2.45, 2.75) is 26.8 Å². The Labute approximate surface area is 137 Å². The predicted octanol–water partition coefficient (Wildman–Crippen LogP) is 2.31. The highest BCUT2D eigenvalue weighted by Gasteiger charge is 2.19. The Bertz CT molecular complexity index is 928. The fourth-order valence-corrected chi connectivity index (χ4v) is 2.49. The van der Waals surface area contributed by atoms with Crippen molar-refractivity contribution in [1.29, 1.82) is 0 Å². The summed E-state index contributed by atoms with van der Waals surface area (Å²) in [6.45, 7) is 3.89. The van der Waals surface area contributed by atoms with Gasteiger partial charge in [0.2, 0.25) is 5.58 Å². The molecule has 0 amide bonds. The van der Waals surface area contributed by atoms with Gasteiger partial charge in [-0.15, -0.1) is 0 Å². The molecule has 0 atom stereocenters. The first-order valence-electron chi connectivity index (χ1n) is 7.70. The van der Waals surface area contributed by atoms with E-state index in [1.54, 1.807) is 13.8 Å². The number of fused-ring (bicyclic) bond motifs is 1. The van der Waals surface area contributed by atoms with E-state index in [0.717, 1.165) is 5.56 Å². The van der Waals surface area contributed by atoms with Gasteiger partial charge in [-0.05, 0) is 13.8 Å². The lowest BCUT2D eigenvalue weighted by Gasteiger charge is -2.08. The topological polar surface area (TPSA) is 87.2 Å². The summed E-state index contributed by atoms with van der Waals surface area (Å²) in [7, 11) is 0. The molecule has 0 aliphatic rings. The number of carbonyl (C=O) groups is 1. The van der Waals surface area contributed by atoms with E-state index >= 15 is 0 Å². The number of aryl methyl sites for hydroxylation is 2. The number of hydrogen-bond donors (Lipinski definition) is 0. The minimum Gasteiger partial charge on any atom is -0.466 e. The van der Waals surface area contributed by atoms with Gasteiger partial charge in [-0.3, -0.25) is 9.59 Å². The highest BCUT2D eigenvalue weighted by Crippen LogP contribution is 2.25. The largest absolute Gasteiger partial charge is 0.466 e.